The standard InChI is InChI=1S/C12H21NOS.C10H17NO2S.C8H13NO2S/c1-15(10-11-6-5-7-11)12(14)13-8-3-2-4-9-13;12-10(11-6-2-1-3-7-11)14(13)8-9-4-5-9;10-8(9-5-1-2-6-9)12(11)7-3-4-7/h11H,1-10H2;9H,1-8H2;7H,1-6H2. The topological polar surface area (TPSA) is 95.1 Å². The Morgan fingerprint density at radius 2 is 0.976 bits per heavy atom. The number of hydrogen-bond acceptors (Lipinski definition) is 5. The lowest BCUT2D eigenvalue weighted by Crippen LogP contribution is -2.37. The summed E-state index contributed by atoms with van der Waals surface area (Å²) in [6.45, 7) is 5.21. The van der Waals surface area contributed by atoms with Crippen LogP contribution in [0.15, 0.2) is 0 Å². The lowest BCUT2D eigenvalue weighted by atomic mass is 9.87. The first-order valence-electron chi connectivity index (χ1n) is 16.0. The van der Waals surface area contributed by atoms with Gasteiger partial charge in [0.1, 0.15) is 21.6 Å². The quantitative estimate of drug-likeness (QED) is 0.350. The second-order valence-electron chi connectivity index (χ2n) is 12.5. The van der Waals surface area contributed by atoms with Crippen molar-refractivity contribution in [2.75, 3.05) is 50.8 Å². The molecule has 3 saturated heterocycles. The highest BCUT2D eigenvalue weighted by Crippen LogP contribution is 2.33. The van der Waals surface area contributed by atoms with Gasteiger partial charge in [0.05, 0.1) is 0 Å². The maximum Gasteiger partial charge on any atom is 0.312 e. The zero-order chi connectivity index (χ0) is 29.2. The molecule has 6 aliphatic rings. The summed E-state index contributed by atoms with van der Waals surface area (Å²) in [7, 11) is -2.71. The molecule has 0 spiro atoms. The molecule has 0 aromatic carbocycles. The Balaban J connectivity index is 0.000000142. The minimum atomic E-state index is -1.24. The van der Waals surface area contributed by atoms with Gasteiger partial charge in [-0.2, -0.15) is 0 Å². The Morgan fingerprint density at radius 3 is 1.41 bits per heavy atom. The number of carbonyl (C=O) groups excluding carboxylic acids is 3. The average molecular weight is 630 g/mol. The van der Waals surface area contributed by atoms with Crippen LogP contribution in [-0.2, 0) is 21.6 Å². The summed E-state index contributed by atoms with van der Waals surface area (Å²) in [4.78, 5) is 40.8. The molecule has 3 amide bonds. The molecule has 3 heterocycles. The maximum absolute atomic E-state index is 12.0. The van der Waals surface area contributed by atoms with Crippen molar-refractivity contribution in [3.63, 3.8) is 0 Å². The molecule has 3 atom stereocenters. The Hall–Kier alpha value is -1.07. The Bertz CT molecular complexity index is 962. The van der Waals surface area contributed by atoms with Crippen molar-refractivity contribution < 1.29 is 22.8 Å². The van der Waals surface area contributed by atoms with Gasteiger partial charge < -0.3 is 14.7 Å². The second kappa shape index (κ2) is 16.7. The number of likely N-dealkylation sites (tertiary alicyclic amines) is 3. The molecule has 3 aliphatic heterocycles. The van der Waals surface area contributed by atoms with E-state index in [9.17, 15) is 22.8 Å². The lowest BCUT2D eigenvalue weighted by molar-refractivity contribution is 0.210. The molecule has 11 heteroatoms. The molecule has 0 N–H and O–H groups in total. The Morgan fingerprint density at radius 1 is 0.537 bits per heavy atom. The normalized spacial score (nSPS) is 25.0. The van der Waals surface area contributed by atoms with E-state index in [2.05, 4.69) is 5.87 Å². The molecular formula is C30H51N3O5S3. The van der Waals surface area contributed by atoms with E-state index in [0.717, 1.165) is 89.5 Å². The van der Waals surface area contributed by atoms with Crippen molar-refractivity contribution in [2.24, 2.45) is 11.8 Å². The molecule has 0 aromatic rings. The highest BCUT2D eigenvalue weighted by Gasteiger charge is 2.36. The summed E-state index contributed by atoms with van der Waals surface area (Å²) < 4.78 is 23.0. The van der Waals surface area contributed by atoms with Gasteiger partial charge in [-0.15, -0.1) is 10.5 Å². The third-order valence-corrected chi connectivity index (χ3v) is 13.5. The first-order chi connectivity index (χ1) is 19.8. The molecule has 41 heavy (non-hydrogen) atoms. The molecule has 234 valence electrons. The van der Waals surface area contributed by atoms with Gasteiger partial charge in [-0.05, 0) is 107 Å². The zero-order valence-corrected chi connectivity index (χ0v) is 27.3. The van der Waals surface area contributed by atoms with Crippen molar-refractivity contribution >= 4 is 53.7 Å². The number of nitrogens with zero attached hydrogens (tertiary/aromatic N) is 3. The van der Waals surface area contributed by atoms with E-state index in [1.165, 1.54) is 57.8 Å². The molecule has 3 aliphatic carbocycles. The number of hydrogen-bond donors (Lipinski definition) is 0. The minimum Gasteiger partial charge on any atom is -0.334 e. The minimum absolute atomic E-state index is 0.114. The molecule has 3 unspecified atom stereocenters. The van der Waals surface area contributed by atoms with Gasteiger partial charge in [0.25, 0.3) is 5.24 Å². The van der Waals surface area contributed by atoms with Crippen LogP contribution in [0.4, 0.5) is 14.4 Å². The molecule has 6 rings (SSSR count). The molecule has 6 fully saturated rings. The average Bonchev–Trinajstić information content (AvgIpc) is 3.93. The predicted molar refractivity (Wildman–Crippen MR) is 172 cm³/mol. The fourth-order valence-corrected chi connectivity index (χ4v) is 9.77. The van der Waals surface area contributed by atoms with Crippen LogP contribution in [0, 0.1) is 11.8 Å². The molecule has 0 bridgehead atoms. The summed E-state index contributed by atoms with van der Waals surface area (Å²) in [6, 6.07) is 0. The van der Waals surface area contributed by atoms with Crippen molar-refractivity contribution in [3.8, 4) is 0 Å². The van der Waals surface area contributed by atoms with Gasteiger partial charge in [0, 0.05) is 50.3 Å². The summed E-state index contributed by atoms with van der Waals surface area (Å²) in [6.07, 6.45) is 17.5. The molecular weight excluding hydrogens is 579 g/mol. The maximum atomic E-state index is 12.0. The summed E-state index contributed by atoms with van der Waals surface area (Å²) in [5, 5.41) is 0.298. The van der Waals surface area contributed by atoms with E-state index < -0.39 is 21.6 Å². The highest BCUT2D eigenvalue weighted by atomic mass is 32.2. The predicted octanol–water partition coefficient (Wildman–Crippen LogP) is 5.96. The van der Waals surface area contributed by atoms with E-state index in [1.54, 1.807) is 9.80 Å². The first kappa shape index (κ1) is 32.8. The second-order valence-corrected chi connectivity index (χ2v) is 17.1. The van der Waals surface area contributed by atoms with Crippen LogP contribution in [0.25, 0.3) is 0 Å². The number of rotatable bonds is 5. The third-order valence-electron chi connectivity index (χ3n) is 8.78. The largest absolute Gasteiger partial charge is 0.334 e. The molecule has 8 nitrogen and oxygen atoms in total. The number of carbonyl (C=O) groups is 3. The van der Waals surface area contributed by atoms with E-state index in [4.69, 9.17) is 0 Å². The van der Waals surface area contributed by atoms with Crippen LogP contribution >= 0.6 is 10.5 Å². The zero-order valence-electron chi connectivity index (χ0n) is 24.8. The number of piperidine rings is 2. The fraction of sp³-hybridized carbons (Fsp3) is 0.867. The van der Waals surface area contributed by atoms with Crippen LogP contribution < -0.4 is 0 Å². The lowest BCUT2D eigenvalue weighted by Gasteiger charge is -2.30. The monoisotopic (exact) mass is 629 g/mol. The fourth-order valence-electron chi connectivity index (χ4n) is 5.52. The van der Waals surface area contributed by atoms with E-state index in [-0.39, 0.29) is 26.2 Å². The van der Waals surface area contributed by atoms with E-state index in [1.807, 2.05) is 4.90 Å². The molecule has 0 aromatic heterocycles. The summed E-state index contributed by atoms with van der Waals surface area (Å²) in [5.74, 6) is 7.11. The summed E-state index contributed by atoms with van der Waals surface area (Å²) >= 11 is 0. The number of amides is 3. The van der Waals surface area contributed by atoms with Crippen LogP contribution in [0.2, 0.25) is 0 Å². The van der Waals surface area contributed by atoms with Crippen LogP contribution in [0.3, 0.4) is 0 Å². The van der Waals surface area contributed by atoms with Crippen LogP contribution in [0.5, 0.6) is 0 Å². The van der Waals surface area contributed by atoms with Gasteiger partial charge in [0.15, 0.2) is 0 Å². The summed E-state index contributed by atoms with van der Waals surface area (Å²) in [5.41, 5.74) is 0. The van der Waals surface area contributed by atoms with Gasteiger partial charge in [-0.1, -0.05) is 12.3 Å². The Kier molecular flexibility index (Phi) is 13.4. The van der Waals surface area contributed by atoms with Crippen molar-refractivity contribution in [3.05, 3.63) is 0 Å². The smallest absolute Gasteiger partial charge is 0.312 e. The Labute approximate surface area is 254 Å². The highest BCUT2D eigenvalue weighted by molar-refractivity contribution is 8.26. The van der Waals surface area contributed by atoms with Crippen molar-refractivity contribution in [2.45, 2.75) is 102 Å². The van der Waals surface area contributed by atoms with Gasteiger partial charge in [-0.3, -0.25) is 14.4 Å². The van der Waals surface area contributed by atoms with Crippen LogP contribution in [-0.4, -0.2) is 101 Å². The van der Waals surface area contributed by atoms with Crippen LogP contribution in [0.1, 0.15) is 96.3 Å². The SMILES string of the molecule is C=S(CC1CCC1)C(=O)N1CCCCC1.O=C(N1CCCC1)S(=O)C1CC1.O=C(N1CCCCC1)S(=O)CC1CC1. The van der Waals surface area contributed by atoms with Gasteiger partial charge in [0.2, 0.25) is 0 Å². The molecule has 0 radical (unpaired) electrons. The molecule has 3 saturated carbocycles. The van der Waals surface area contributed by atoms with Crippen molar-refractivity contribution in [1.82, 2.24) is 14.7 Å². The third kappa shape index (κ3) is 10.9. The van der Waals surface area contributed by atoms with Gasteiger partial charge in [-0.25, -0.2) is 8.42 Å². The van der Waals surface area contributed by atoms with Gasteiger partial charge >= 0.3 is 10.5 Å². The van der Waals surface area contributed by atoms with E-state index in [0.29, 0.717) is 16.9 Å². The van der Waals surface area contributed by atoms with Crippen molar-refractivity contribution in [1.29, 1.82) is 0 Å². The first-order valence-corrected chi connectivity index (χ1v) is 20.1. The van der Waals surface area contributed by atoms with E-state index >= 15 is 0 Å².